The second-order valence-electron chi connectivity index (χ2n) is 5.88. The van der Waals surface area contributed by atoms with Crippen LogP contribution < -0.4 is 5.32 Å². The Bertz CT molecular complexity index is 349. The zero-order valence-electron chi connectivity index (χ0n) is 12.6. The van der Waals surface area contributed by atoms with Crippen molar-refractivity contribution >= 4 is 0 Å². The average Bonchev–Trinajstić information content (AvgIpc) is 2.36. The number of hydrogen-bond donors (Lipinski definition) is 1. The Balaban J connectivity index is 2.51. The van der Waals surface area contributed by atoms with Gasteiger partial charge in [0, 0.05) is 0 Å². The second-order valence-corrected chi connectivity index (χ2v) is 5.88. The van der Waals surface area contributed by atoms with Crippen LogP contribution >= 0.6 is 0 Å². The molecule has 1 aromatic rings. The van der Waals surface area contributed by atoms with Crippen molar-refractivity contribution in [3.63, 3.8) is 0 Å². The predicted molar refractivity (Wildman–Crippen MR) is 80.8 cm³/mol. The maximum atomic E-state index is 13.2. The Kier molecular flexibility index (Phi) is 7.73. The summed E-state index contributed by atoms with van der Waals surface area (Å²) in [4.78, 5) is 0. The van der Waals surface area contributed by atoms with Crippen LogP contribution in [0.3, 0.4) is 0 Å². The number of nitrogens with one attached hydrogen (secondary N) is 1. The van der Waals surface area contributed by atoms with Gasteiger partial charge in [-0.05, 0) is 61.9 Å². The SMILES string of the molecule is CCCNCC(CCC(C)C)Cc1cccc(F)c1. The van der Waals surface area contributed by atoms with Crippen molar-refractivity contribution < 1.29 is 4.39 Å². The van der Waals surface area contributed by atoms with Gasteiger partial charge in [0.2, 0.25) is 0 Å². The monoisotopic (exact) mass is 265 g/mol. The highest BCUT2D eigenvalue weighted by molar-refractivity contribution is 5.16. The molecule has 1 N–H and O–H groups in total. The van der Waals surface area contributed by atoms with Gasteiger partial charge in [-0.25, -0.2) is 4.39 Å². The molecule has 1 rings (SSSR count). The molecular weight excluding hydrogens is 237 g/mol. The highest BCUT2D eigenvalue weighted by Crippen LogP contribution is 2.17. The summed E-state index contributed by atoms with van der Waals surface area (Å²) < 4.78 is 13.2. The molecule has 1 unspecified atom stereocenters. The van der Waals surface area contributed by atoms with Crippen molar-refractivity contribution in [2.45, 2.75) is 46.5 Å². The molecule has 0 radical (unpaired) electrons. The molecule has 108 valence electrons. The van der Waals surface area contributed by atoms with Crippen molar-refractivity contribution in [3.8, 4) is 0 Å². The lowest BCUT2D eigenvalue weighted by atomic mass is 9.91. The van der Waals surface area contributed by atoms with Crippen LogP contribution in [0.4, 0.5) is 4.39 Å². The Morgan fingerprint density at radius 3 is 2.63 bits per heavy atom. The Labute approximate surface area is 117 Å². The highest BCUT2D eigenvalue weighted by Gasteiger charge is 2.11. The molecule has 0 fully saturated rings. The molecule has 0 heterocycles. The first-order chi connectivity index (χ1) is 9.11. The molecule has 0 amide bonds. The van der Waals surface area contributed by atoms with Crippen molar-refractivity contribution in [2.75, 3.05) is 13.1 Å². The van der Waals surface area contributed by atoms with E-state index in [1.807, 2.05) is 12.1 Å². The molecule has 0 aliphatic heterocycles. The largest absolute Gasteiger partial charge is 0.316 e. The summed E-state index contributed by atoms with van der Waals surface area (Å²) in [7, 11) is 0. The summed E-state index contributed by atoms with van der Waals surface area (Å²) in [5.41, 5.74) is 1.12. The lowest BCUT2D eigenvalue weighted by Crippen LogP contribution is -2.25. The fourth-order valence-corrected chi connectivity index (χ4v) is 2.33. The van der Waals surface area contributed by atoms with Crippen molar-refractivity contribution in [1.29, 1.82) is 0 Å². The van der Waals surface area contributed by atoms with Gasteiger partial charge in [-0.15, -0.1) is 0 Å². The van der Waals surface area contributed by atoms with E-state index in [4.69, 9.17) is 0 Å². The van der Waals surface area contributed by atoms with E-state index in [1.165, 1.54) is 18.9 Å². The summed E-state index contributed by atoms with van der Waals surface area (Å²) in [6, 6.07) is 7.03. The minimum absolute atomic E-state index is 0.123. The van der Waals surface area contributed by atoms with Crippen LogP contribution in [0.25, 0.3) is 0 Å². The summed E-state index contributed by atoms with van der Waals surface area (Å²) in [6.45, 7) is 8.82. The van der Waals surface area contributed by atoms with E-state index in [1.54, 1.807) is 6.07 Å². The van der Waals surface area contributed by atoms with Gasteiger partial charge in [0.1, 0.15) is 5.82 Å². The normalized spacial score (nSPS) is 12.9. The first-order valence-corrected chi connectivity index (χ1v) is 7.57. The zero-order chi connectivity index (χ0) is 14.1. The molecule has 0 aromatic heterocycles. The van der Waals surface area contributed by atoms with Crippen LogP contribution in [0.1, 0.15) is 45.6 Å². The highest BCUT2D eigenvalue weighted by atomic mass is 19.1. The second kappa shape index (κ2) is 9.08. The number of rotatable bonds is 9. The van der Waals surface area contributed by atoms with Gasteiger partial charge in [0.05, 0.1) is 0 Å². The van der Waals surface area contributed by atoms with E-state index in [2.05, 4.69) is 26.1 Å². The van der Waals surface area contributed by atoms with Crippen LogP contribution in [0.15, 0.2) is 24.3 Å². The number of hydrogen-bond acceptors (Lipinski definition) is 1. The third-order valence-electron chi connectivity index (χ3n) is 3.43. The number of halogens is 1. The Morgan fingerprint density at radius 1 is 1.21 bits per heavy atom. The molecular formula is C17H28FN. The van der Waals surface area contributed by atoms with Crippen molar-refractivity contribution in [2.24, 2.45) is 11.8 Å². The van der Waals surface area contributed by atoms with E-state index in [0.717, 1.165) is 37.4 Å². The van der Waals surface area contributed by atoms with Gasteiger partial charge in [0.25, 0.3) is 0 Å². The molecule has 0 bridgehead atoms. The fraction of sp³-hybridized carbons (Fsp3) is 0.647. The van der Waals surface area contributed by atoms with Gasteiger partial charge < -0.3 is 5.32 Å². The average molecular weight is 265 g/mol. The molecule has 19 heavy (non-hydrogen) atoms. The van der Waals surface area contributed by atoms with E-state index in [0.29, 0.717) is 5.92 Å². The van der Waals surface area contributed by atoms with Crippen LogP contribution in [0.2, 0.25) is 0 Å². The molecule has 0 aliphatic carbocycles. The topological polar surface area (TPSA) is 12.0 Å². The minimum atomic E-state index is -0.123. The standard InChI is InChI=1S/C17H28FN/c1-4-10-19-13-16(9-8-14(2)3)11-15-6-5-7-17(18)12-15/h5-7,12,14,16,19H,4,8-11,13H2,1-3H3. The van der Waals surface area contributed by atoms with Gasteiger partial charge in [-0.3, -0.25) is 0 Å². The summed E-state index contributed by atoms with van der Waals surface area (Å²) >= 11 is 0. The molecule has 2 heteroatoms. The Morgan fingerprint density at radius 2 is 2.00 bits per heavy atom. The summed E-state index contributed by atoms with van der Waals surface area (Å²) in [5.74, 6) is 1.22. The van der Waals surface area contributed by atoms with Crippen LogP contribution in [-0.4, -0.2) is 13.1 Å². The first-order valence-electron chi connectivity index (χ1n) is 7.57. The van der Waals surface area contributed by atoms with E-state index in [9.17, 15) is 4.39 Å². The van der Waals surface area contributed by atoms with E-state index < -0.39 is 0 Å². The summed E-state index contributed by atoms with van der Waals surface area (Å²) in [5, 5.41) is 3.50. The van der Waals surface area contributed by atoms with E-state index >= 15 is 0 Å². The van der Waals surface area contributed by atoms with Crippen molar-refractivity contribution in [1.82, 2.24) is 5.32 Å². The van der Waals surface area contributed by atoms with E-state index in [-0.39, 0.29) is 5.82 Å². The molecule has 1 atom stereocenters. The third kappa shape index (κ3) is 7.31. The number of benzene rings is 1. The first kappa shape index (κ1) is 16.2. The zero-order valence-corrected chi connectivity index (χ0v) is 12.6. The van der Waals surface area contributed by atoms with Crippen LogP contribution in [0, 0.1) is 17.7 Å². The lowest BCUT2D eigenvalue weighted by Gasteiger charge is -2.19. The van der Waals surface area contributed by atoms with Gasteiger partial charge >= 0.3 is 0 Å². The fourth-order valence-electron chi connectivity index (χ4n) is 2.33. The van der Waals surface area contributed by atoms with Crippen LogP contribution in [0.5, 0.6) is 0 Å². The molecule has 0 aliphatic rings. The smallest absolute Gasteiger partial charge is 0.123 e. The summed E-state index contributed by atoms with van der Waals surface area (Å²) in [6.07, 6.45) is 4.59. The maximum Gasteiger partial charge on any atom is 0.123 e. The molecule has 0 spiro atoms. The Hall–Kier alpha value is -0.890. The van der Waals surface area contributed by atoms with Crippen molar-refractivity contribution in [3.05, 3.63) is 35.6 Å². The van der Waals surface area contributed by atoms with Gasteiger partial charge in [-0.2, -0.15) is 0 Å². The predicted octanol–water partition coefficient (Wildman–Crippen LogP) is 4.42. The molecule has 1 aromatic carbocycles. The quantitative estimate of drug-likeness (QED) is 0.652. The van der Waals surface area contributed by atoms with Gasteiger partial charge in [-0.1, -0.05) is 39.3 Å². The maximum absolute atomic E-state index is 13.2. The molecule has 0 saturated carbocycles. The third-order valence-corrected chi connectivity index (χ3v) is 3.43. The molecule has 1 nitrogen and oxygen atoms in total. The minimum Gasteiger partial charge on any atom is -0.316 e. The van der Waals surface area contributed by atoms with Gasteiger partial charge in [0.15, 0.2) is 0 Å². The lowest BCUT2D eigenvalue weighted by molar-refractivity contribution is 0.398. The molecule has 0 saturated heterocycles. The van der Waals surface area contributed by atoms with Crippen LogP contribution in [-0.2, 0) is 6.42 Å².